The summed E-state index contributed by atoms with van der Waals surface area (Å²) in [7, 11) is 5.27. The third-order valence-electron chi connectivity index (χ3n) is 4.45. The Morgan fingerprint density at radius 1 is 1.28 bits per heavy atom. The first kappa shape index (κ1) is 21.7. The normalized spacial score (nSPS) is 16.7. The molecule has 1 aliphatic heterocycles. The summed E-state index contributed by atoms with van der Waals surface area (Å²) in [6.45, 7) is 7.36. The quantitative estimate of drug-likeness (QED) is 0.346. The number of amides is 1. The minimum absolute atomic E-state index is 0.0181. The van der Waals surface area contributed by atoms with Gasteiger partial charge in [0.1, 0.15) is 6.54 Å². The number of ether oxygens (including phenoxy) is 1. The number of nitrogens with one attached hydrogen (secondary N) is 2. The number of hydrogen-bond donors (Lipinski definition) is 2. The summed E-state index contributed by atoms with van der Waals surface area (Å²) in [6.07, 6.45) is 5.52. The van der Waals surface area contributed by atoms with Crippen molar-refractivity contribution in [2.45, 2.75) is 45.1 Å². The second-order valence-electron chi connectivity index (χ2n) is 6.84. The van der Waals surface area contributed by atoms with Gasteiger partial charge in [-0.1, -0.05) is 13.3 Å². The summed E-state index contributed by atoms with van der Waals surface area (Å²) in [5, 5.41) is 6.87. The Balaban J connectivity index is 2.43. The molecule has 0 aromatic carbocycles. The third kappa shape index (κ3) is 9.65. The number of aliphatic imine (C=N–C) groups is 1. The number of likely N-dealkylation sites (tertiary alicyclic amines) is 1. The van der Waals surface area contributed by atoms with Crippen LogP contribution in [0.15, 0.2) is 4.99 Å². The monoisotopic (exact) mass is 355 g/mol. The molecule has 146 valence electrons. The number of hydrogen-bond acceptors (Lipinski definition) is 4. The van der Waals surface area contributed by atoms with Crippen LogP contribution in [-0.2, 0) is 9.53 Å². The number of carbonyl (C=O) groups is 1. The number of methoxy groups -OCH3 is 1. The number of likely N-dealkylation sites (N-methyl/N-ethyl adjacent to an activating group) is 1. The zero-order chi connectivity index (χ0) is 18.5. The lowest BCUT2D eigenvalue weighted by atomic mass is 10.1. The maximum Gasteiger partial charge on any atom is 0.243 e. The van der Waals surface area contributed by atoms with Gasteiger partial charge in [-0.3, -0.25) is 4.79 Å². The van der Waals surface area contributed by atoms with Crippen molar-refractivity contribution < 1.29 is 9.53 Å². The van der Waals surface area contributed by atoms with E-state index in [1.165, 1.54) is 0 Å². The molecule has 2 N–H and O–H groups in total. The lowest BCUT2D eigenvalue weighted by molar-refractivity contribution is -0.127. The topological polar surface area (TPSA) is 69.2 Å². The fourth-order valence-electron chi connectivity index (χ4n) is 2.75. The predicted molar refractivity (Wildman–Crippen MR) is 103 cm³/mol. The van der Waals surface area contributed by atoms with Crippen molar-refractivity contribution in [3.8, 4) is 0 Å². The molecule has 0 radical (unpaired) electrons. The van der Waals surface area contributed by atoms with Crippen LogP contribution in [0.4, 0.5) is 0 Å². The molecule has 0 unspecified atom stereocenters. The Morgan fingerprint density at radius 2 is 2.00 bits per heavy atom. The molecule has 7 heteroatoms. The predicted octanol–water partition coefficient (Wildman–Crippen LogP) is 0.911. The van der Waals surface area contributed by atoms with Crippen molar-refractivity contribution in [3.63, 3.8) is 0 Å². The molecule has 0 aromatic rings. The Hall–Kier alpha value is -1.34. The SMILES string of the molecule is CCCCNC(=NCC(=O)N(C)C)NC1CCN(CCCOC)CC1. The van der Waals surface area contributed by atoms with Crippen LogP contribution >= 0.6 is 0 Å². The fraction of sp³-hybridized carbons (Fsp3) is 0.889. The van der Waals surface area contributed by atoms with Gasteiger partial charge >= 0.3 is 0 Å². The zero-order valence-electron chi connectivity index (χ0n) is 16.5. The zero-order valence-corrected chi connectivity index (χ0v) is 16.5. The van der Waals surface area contributed by atoms with Crippen LogP contribution in [0.1, 0.15) is 39.0 Å². The van der Waals surface area contributed by atoms with Crippen LogP contribution < -0.4 is 10.6 Å². The van der Waals surface area contributed by atoms with Gasteiger partial charge in [0.15, 0.2) is 5.96 Å². The average molecular weight is 356 g/mol. The van der Waals surface area contributed by atoms with E-state index < -0.39 is 0 Å². The van der Waals surface area contributed by atoms with Crippen molar-refractivity contribution in [1.82, 2.24) is 20.4 Å². The first-order chi connectivity index (χ1) is 12.1. The van der Waals surface area contributed by atoms with E-state index in [1.54, 1.807) is 26.1 Å². The van der Waals surface area contributed by atoms with Crippen LogP contribution in [0.5, 0.6) is 0 Å². The molecule has 0 bridgehead atoms. The largest absolute Gasteiger partial charge is 0.385 e. The van der Waals surface area contributed by atoms with Gasteiger partial charge in [0.25, 0.3) is 0 Å². The van der Waals surface area contributed by atoms with E-state index in [2.05, 4.69) is 27.4 Å². The lowest BCUT2D eigenvalue weighted by Gasteiger charge is -2.33. The van der Waals surface area contributed by atoms with E-state index in [4.69, 9.17) is 4.74 Å². The number of carbonyl (C=O) groups excluding carboxylic acids is 1. The number of nitrogens with zero attached hydrogens (tertiary/aromatic N) is 3. The second-order valence-corrected chi connectivity index (χ2v) is 6.84. The molecule has 1 amide bonds. The average Bonchev–Trinajstić information content (AvgIpc) is 2.61. The smallest absolute Gasteiger partial charge is 0.243 e. The van der Waals surface area contributed by atoms with Crippen LogP contribution in [-0.4, -0.2) is 88.2 Å². The first-order valence-corrected chi connectivity index (χ1v) is 9.53. The molecule has 25 heavy (non-hydrogen) atoms. The summed E-state index contributed by atoms with van der Waals surface area (Å²) in [5.41, 5.74) is 0. The van der Waals surface area contributed by atoms with Crippen LogP contribution in [0.3, 0.4) is 0 Å². The highest BCUT2D eigenvalue weighted by Crippen LogP contribution is 2.10. The van der Waals surface area contributed by atoms with Gasteiger partial charge in [0.2, 0.25) is 5.91 Å². The highest BCUT2D eigenvalue weighted by Gasteiger charge is 2.19. The summed E-state index contributed by atoms with van der Waals surface area (Å²) in [6, 6.07) is 0.418. The van der Waals surface area contributed by atoms with Gasteiger partial charge in [-0.05, 0) is 25.7 Å². The highest BCUT2D eigenvalue weighted by molar-refractivity contribution is 5.84. The number of guanidine groups is 1. The second kappa shape index (κ2) is 12.9. The first-order valence-electron chi connectivity index (χ1n) is 9.53. The fourth-order valence-corrected chi connectivity index (χ4v) is 2.75. The molecule has 1 aliphatic rings. The van der Waals surface area contributed by atoms with Gasteiger partial charge < -0.3 is 25.2 Å². The van der Waals surface area contributed by atoms with Crippen molar-refractivity contribution in [2.24, 2.45) is 4.99 Å². The van der Waals surface area contributed by atoms with Crippen LogP contribution in [0.2, 0.25) is 0 Å². The van der Waals surface area contributed by atoms with E-state index in [0.717, 1.165) is 70.8 Å². The highest BCUT2D eigenvalue weighted by atomic mass is 16.5. The molecule has 0 saturated carbocycles. The van der Waals surface area contributed by atoms with E-state index in [1.807, 2.05) is 0 Å². The van der Waals surface area contributed by atoms with Gasteiger partial charge in [-0.15, -0.1) is 0 Å². The van der Waals surface area contributed by atoms with Gasteiger partial charge in [-0.2, -0.15) is 0 Å². The van der Waals surface area contributed by atoms with Gasteiger partial charge in [-0.25, -0.2) is 4.99 Å². The molecular formula is C18H37N5O2. The standard InChI is InChI=1S/C18H37N5O2/c1-5-6-10-19-18(20-15-17(24)22(2)3)21-16-8-12-23(13-9-16)11-7-14-25-4/h16H,5-15H2,1-4H3,(H2,19,20,21). The van der Waals surface area contributed by atoms with Gasteiger partial charge in [0, 0.05) is 60.0 Å². The van der Waals surface area contributed by atoms with E-state index >= 15 is 0 Å². The molecule has 0 spiro atoms. The van der Waals surface area contributed by atoms with Crippen molar-refractivity contribution >= 4 is 11.9 Å². The summed E-state index contributed by atoms with van der Waals surface area (Å²) >= 11 is 0. The van der Waals surface area contributed by atoms with Crippen molar-refractivity contribution in [2.75, 3.05) is 60.5 Å². The molecule has 1 fully saturated rings. The number of piperidine rings is 1. The Kier molecular flexibility index (Phi) is 11.2. The minimum atomic E-state index is 0.0181. The molecular weight excluding hydrogens is 318 g/mol. The lowest BCUT2D eigenvalue weighted by Crippen LogP contribution is -2.49. The number of unbranched alkanes of at least 4 members (excludes halogenated alkanes) is 1. The van der Waals surface area contributed by atoms with Crippen molar-refractivity contribution in [3.05, 3.63) is 0 Å². The summed E-state index contributed by atoms with van der Waals surface area (Å²) < 4.78 is 5.12. The Bertz CT molecular complexity index is 393. The third-order valence-corrected chi connectivity index (χ3v) is 4.45. The summed E-state index contributed by atoms with van der Waals surface area (Å²) in [5.74, 6) is 0.783. The van der Waals surface area contributed by atoms with E-state index in [0.29, 0.717) is 6.04 Å². The molecule has 1 saturated heterocycles. The Morgan fingerprint density at radius 3 is 2.60 bits per heavy atom. The molecule has 0 atom stereocenters. The van der Waals surface area contributed by atoms with E-state index in [-0.39, 0.29) is 12.5 Å². The van der Waals surface area contributed by atoms with E-state index in [9.17, 15) is 4.79 Å². The van der Waals surface area contributed by atoms with Crippen LogP contribution in [0, 0.1) is 0 Å². The van der Waals surface area contributed by atoms with Gasteiger partial charge in [0.05, 0.1) is 0 Å². The molecule has 1 heterocycles. The Labute approximate surface area is 153 Å². The maximum absolute atomic E-state index is 11.8. The minimum Gasteiger partial charge on any atom is -0.385 e. The number of rotatable bonds is 10. The molecule has 0 aromatic heterocycles. The molecule has 1 rings (SSSR count). The van der Waals surface area contributed by atoms with Crippen LogP contribution in [0.25, 0.3) is 0 Å². The maximum atomic E-state index is 11.8. The summed E-state index contributed by atoms with van der Waals surface area (Å²) in [4.78, 5) is 20.3. The molecule has 7 nitrogen and oxygen atoms in total. The van der Waals surface area contributed by atoms with Crippen molar-refractivity contribution in [1.29, 1.82) is 0 Å². The molecule has 0 aliphatic carbocycles.